The monoisotopic (exact) mass is 265 g/mol. The van der Waals surface area contributed by atoms with E-state index >= 15 is 0 Å². The van der Waals surface area contributed by atoms with E-state index in [1.165, 1.54) is 6.92 Å². The van der Waals surface area contributed by atoms with E-state index in [9.17, 15) is 13.2 Å². The predicted octanol–water partition coefficient (Wildman–Crippen LogP) is 1.59. The molecule has 0 aliphatic rings. The maximum Gasteiger partial charge on any atom is 0.323 e. The molecule has 5 nitrogen and oxygen atoms in total. The summed E-state index contributed by atoms with van der Waals surface area (Å²) in [5, 5.41) is 7.25. The van der Waals surface area contributed by atoms with Gasteiger partial charge in [0.25, 0.3) is 0 Å². The van der Waals surface area contributed by atoms with Gasteiger partial charge in [0.2, 0.25) is 10.0 Å². The van der Waals surface area contributed by atoms with Crippen molar-refractivity contribution in [3.63, 3.8) is 0 Å². The average Bonchev–Trinajstić information content (AvgIpc) is 2.14. The highest BCUT2D eigenvalue weighted by Gasteiger charge is 2.28. The van der Waals surface area contributed by atoms with Crippen molar-refractivity contribution in [1.82, 2.24) is 4.72 Å². The molecule has 0 aliphatic carbocycles. The first-order chi connectivity index (χ1) is 7.66. The van der Waals surface area contributed by atoms with Crippen molar-refractivity contribution in [3.8, 4) is 0 Å². The Morgan fingerprint density at radius 1 is 1.18 bits per heavy atom. The standard InChI is InChI=1S/C11H23NO4S/c1-8(2)6-5-7-9(3)12-17(15,16)10(4)11(13)14/h8-10,12H,5-7H2,1-4H3,(H,13,14). The molecule has 0 saturated heterocycles. The van der Waals surface area contributed by atoms with Crippen molar-refractivity contribution < 1.29 is 18.3 Å². The van der Waals surface area contributed by atoms with E-state index in [0.717, 1.165) is 19.3 Å². The van der Waals surface area contributed by atoms with Crippen molar-refractivity contribution in [3.05, 3.63) is 0 Å². The first-order valence-corrected chi connectivity index (χ1v) is 7.45. The molecule has 0 aromatic heterocycles. The van der Waals surface area contributed by atoms with Crippen LogP contribution < -0.4 is 4.72 Å². The predicted molar refractivity (Wildman–Crippen MR) is 67.3 cm³/mol. The Morgan fingerprint density at radius 3 is 2.12 bits per heavy atom. The van der Waals surface area contributed by atoms with Crippen LogP contribution in [-0.4, -0.2) is 30.8 Å². The number of carbonyl (C=O) groups is 1. The van der Waals surface area contributed by atoms with Crippen LogP contribution in [0.2, 0.25) is 0 Å². The molecule has 2 unspecified atom stereocenters. The van der Waals surface area contributed by atoms with Gasteiger partial charge in [-0.3, -0.25) is 4.79 Å². The maximum atomic E-state index is 11.6. The van der Waals surface area contributed by atoms with Gasteiger partial charge in [-0.25, -0.2) is 13.1 Å². The first kappa shape index (κ1) is 16.4. The molecule has 0 spiro atoms. The Bertz CT molecular complexity index is 337. The second kappa shape index (κ2) is 6.96. The van der Waals surface area contributed by atoms with Crippen LogP contribution in [0.3, 0.4) is 0 Å². The Balaban J connectivity index is 4.19. The largest absolute Gasteiger partial charge is 0.480 e. The molecule has 0 aromatic carbocycles. The molecule has 0 aliphatic heterocycles. The second-order valence-electron chi connectivity index (χ2n) is 4.87. The highest BCUT2D eigenvalue weighted by molar-refractivity contribution is 7.90. The minimum absolute atomic E-state index is 0.222. The Labute approximate surface area is 104 Å². The van der Waals surface area contributed by atoms with Crippen LogP contribution in [0.4, 0.5) is 0 Å². The van der Waals surface area contributed by atoms with Crippen LogP contribution >= 0.6 is 0 Å². The van der Waals surface area contributed by atoms with Crippen LogP contribution in [0.1, 0.15) is 47.0 Å². The fourth-order valence-corrected chi connectivity index (χ4v) is 2.55. The van der Waals surface area contributed by atoms with Crippen LogP contribution in [-0.2, 0) is 14.8 Å². The van der Waals surface area contributed by atoms with E-state index in [1.807, 2.05) is 0 Å². The van der Waals surface area contributed by atoms with Gasteiger partial charge in [0, 0.05) is 6.04 Å². The molecule has 102 valence electrons. The number of carboxylic acid groups (broad SMARTS) is 1. The molecule has 0 rings (SSSR count). The molecule has 0 radical (unpaired) electrons. The molecule has 17 heavy (non-hydrogen) atoms. The van der Waals surface area contributed by atoms with Gasteiger partial charge in [-0.2, -0.15) is 0 Å². The number of hydrogen-bond donors (Lipinski definition) is 2. The molecule has 0 heterocycles. The summed E-state index contributed by atoms with van der Waals surface area (Å²) in [5.74, 6) is -0.733. The third kappa shape index (κ3) is 6.63. The van der Waals surface area contributed by atoms with Crippen molar-refractivity contribution in [2.24, 2.45) is 5.92 Å². The summed E-state index contributed by atoms with van der Waals surface area (Å²) in [4.78, 5) is 10.6. The number of sulfonamides is 1. The fourth-order valence-electron chi connectivity index (χ4n) is 1.41. The van der Waals surface area contributed by atoms with Gasteiger partial charge in [0.15, 0.2) is 5.25 Å². The molecule has 0 fully saturated rings. The topological polar surface area (TPSA) is 83.5 Å². The highest BCUT2D eigenvalue weighted by Crippen LogP contribution is 2.09. The number of rotatable bonds is 8. The summed E-state index contributed by atoms with van der Waals surface area (Å²) in [7, 11) is -3.76. The molecule has 2 N–H and O–H groups in total. The van der Waals surface area contributed by atoms with Crippen LogP contribution in [0, 0.1) is 5.92 Å². The summed E-state index contributed by atoms with van der Waals surface area (Å²) in [6, 6.07) is -0.222. The second-order valence-corrected chi connectivity index (χ2v) is 6.90. The Hall–Kier alpha value is -0.620. The summed E-state index contributed by atoms with van der Waals surface area (Å²) in [6.45, 7) is 7.15. The van der Waals surface area contributed by atoms with E-state index in [-0.39, 0.29) is 6.04 Å². The minimum atomic E-state index is -3.76. The highest BCUT2D eigenvalue weighted by atomic mass is 32.2. The normalized spacial score (nSPS) is 15.8. The van der Waals surface area contributed by atoms with Crippen molar-refractivity contribution >= 4 is 16.0 Å². The number of aliphatic carboxylic acids is 1. The van der Waals surface area contributed by atoms with Gasteiger partial charge in [-0.1, -0.05) is 26.7 Å². The van der Waals surface area contributed by atoms with E-state index in [0.29, 0.717) is 5.92 Å². The molecular formula is C11H23NO4S. The lowest BCUT2D eigenvalue weighted by Gasteiger charge is -2.16. The zero-order chi connectivity index (χ0) is 13.6. The Morgan fingerprint density at radius 2 is 1.71 bits per heavy atom. The van der Waals surface area contributed by atoms with Gasteiger partial charge in [-0.05, 0) is 26.2 Å². The third-order valence-corrected chi connectivity index (χ3v) is 4.46. The van der Waals surface area contributed by atoms with Crippen LogP contribution in [0.25, 0.3) is 0 Å². The summed E-state index contributed by atoms with van der Waals surface area (Å²) in [6.07, 6.45) is 2.70. The number of hydrogen-bond acceptors (Lipinski definition) is 3. The summed E-state index contributed by atoms with van der Waals surface area (Å²) >= 11 is 0. The fraction of sp³-hybridized carbons (Fsp3) is 0.909. The zero-order valence-corrected chi connectivity index (χ0v) is 11.8. The molecule has 6 heteroatoms. The Kier molecular flexibility index (Phi) is 6.70. The van der Waals surface area contributed by atoms with Crippen LogP contribution in [0.15, 0.2) is 0 Å². The quantitative estimate of drug-likeness (QED) is 0.698. The summed E-state index contributed by atoms with van der Waals surface area (Å²) < 4.78 is 25.6. The van der Waals surface area contributed by atoms with Gasteiger partial charge >= 0.3 is 5.97 Å². The van der Waals surface area contributed by atoms with E-state index < -0.39 is 21.2 Å². The average molecular weight is 265 g/mol. The van der Waals surface area contributed by atoms with Crippen LogP contribution in [0.5, 0.6) is 0 Å². The van der Waals surface area contributed by atoms with Crippen molar-refractivity contribution in [1.29, 1.82) is 0 Å². The first-order valence-electron chi connectivity index (χ1n) is 5.90. The third-order valence-electron chi connectivity index (χ3n) is 2.60. The molecule has 0 amide bonds. The SMILES string of the molecule is CC(C)CCCC(C)NS(=O)(=O)C(C)C(=O)O. The smallest absolute Gasteiger partial charge is 0.323 e. The lowest BCUT2D eigenvalue weighted by Crippen LogP contribution is -2.41. The van der Waals surface area contributed by atoms with Gasteiger partial charge in [0.05, 0.1) is 0 Å². The molecule has 0 saturated carbocycles. The molecular weight excluding hydrogens is 242 g/mol. The van der Waals surface area contributed by atoms with Crippen molar-refractivity contribution in [2.75, 3.05) is 0 Å². The molecule has 0 aromatic rings. The van der Waals surface area contributed by atoms with Gasteiger partial charge in [0.1, 0.15) is 0 Å². The number of nitrogens with one attached hydrogen (secondary N) is 1. The lowest BCUT2D eigenvalue weighted by molar-refractivity contribution is -0.136. The maximum absolute atomic E-state index is 11.6. The van der Waals surface area contributed by atoms with E-state index in [4.69, 9.17) is 5.11 Å². The lowest BCUT2D eigenvalue weighted by atomic mass is 10.0. The zero-order valence-electron chi connectivity index (χ0n) is 10.9. The molecule has 2 atom stereocenters. The van der Waals surface area contributed by atoms with E-state index in [1.54, 1.807) is 6.92 Å². The van der Waals surface area contributed by atoms with Crippen molar-refractivity contribution in [2.45, 2.75) is 58.2 Å². The van der Waals surface area contributed by atoms with E-state index in [2.05, 4.69) is 18.6 Å². The molecule has 0 bridgehead atoms. The summed E-state index contributed by atoms with van der Waals surface area (Å²) in [5.41, 5.74) is 0. The van der Waals surface area contributed by atoms with Gasteiger partial charge < -0.3 is 5.11 Å². The number of carboxylic acids is 1. The minimum Gasteiger partial charge on any atom is -0.480 e. The van der Waals surface area contributed by atoms with Gasteiger partial charge in [-0.15, -0.1) is 0 Å².